The standard InChI is InChI=1S/C15H23N3O2/c1-4-6-14(16)15(19)17-12-7-5-8-13(11-12)20-10-9-18(2)3/h4-5,7-8,11,14H,1,6,9-10,16H2,2-3H3,(H,17,19). The van der Waals surface area contributed by atoms with Gasteiger partial charge in [0.25, 0.3) is 0 Å². The van der Waals surface area contributed by atoms with Crippen molar-refractivity contribution in [2.75, 3.05) is 32.6 Å². The molecule has 0 aliphatic carbocycles. The average molecular weight is 277 g/mol. The van der Waals surface area contributed by atoms with Gasteiger partial charge in [0.2, 0.25) is 5.91 Å². The molecule has 1 aromatic carbocycles. The van der Waals surface area contributed by atoms with Gasteiger partial charge in [0.05, 0.1) is 6.04 Å². The number of benzene rings is 1. The zero-order chi connectivity index (χ0) is 15.0. The number of nitrogens with zero attached hydrogens (tertiary/aromatic N) is 1. The monoisotopic (exact) mass is 277 g/mol. The molecule has 0 bridgehead atoms. The number of anilines is 1. The van der Waals surface area contributed by atoms with Crippen molar-refractivity contribution in [3.8, 4) is 5.75 Å². The van der Waals surface area contributed by atoms with Crippen molar-refractivity contribution in [2.24, 2.45) is 5.73 Å². The van der Waals surface area contributed by atoms with Gasteiger partial charge >= 0.3 is 0 Å². The lowest BCUT2D eigenvalue weighted by molar-refractivity contribution is -0.117. The van der Waals surface area contributed by atoms with E-state index >= 15 is 0 Å². The van der Waals surface area contributed by atoms with E-state index in [1.165, 1.54) is 0 Å². The Balaban J connectivity index is 2.54. The summed E-state index contributed by atoms with van der Waals surface area (Å²) in [7, 11) is 3.97. The van der Waals surface area contributed by atoms with Crippen LogP contribution in [-0.2, 0) is 4.79 Å². The predicted molar refractivity (Wildman–Crippen MR) is 81.9 cm³/mol. The summed E-state index contributed by atoms with van der Waals surface area (Å²) < 4.78 is 5.61. The largest absolute Gasteiger partial charge is 0.492 e. The predicted octanol–water partition coefficient (Wildman–Crippen LogP) is 1.47. The van der Waals surface area contributed by atoms with Gasteiger partial charge in [-0.3, -0.25) is 4.79 Å². The highest BCUT2D eigenvalue weighted by Gasteiger charge is 2.11. The van der Waals surface area contributed by atoms with E-state index in [9.17, 15) is 4.79 Å². The fourth-order valence-electron chi connectivity index (χ4n) is 1.53. The van der Waals surface area contributed by atoms with E-state index < -0.39 is 6.04 Å². The van der Waals surface area contributed by atoms with E-state index in [0.29, 0.717) is 18.7 Å². The molecular formula is C15H23N3O2. The number of hydrogen-bond donors (Lipinski definition) is 2. The van der Waals surface area contributed by atoms with Gasteiger partial charge in [-0.05, 0) is 32.6 Å². The Kier molecular flexibility index (Phi) is 6.76. The van der Waals surface area contributed by atoms with E-state index in [-0.39, 0.29) is 5.91 Å². The van der Waals surface area contributed by atoms with Crippen LogP contribution in [0.1, 0.15) is 6.42 Å². The number of rotatable bonds is 8. The Hall–Kier alpha value is -1.85. The van der Waals surface area contributed by atoms with Gasteiger partial charge in [0.1, 0.15) is 12.4 Å². The van der Waals surface area contributed by atoms with Gasteiger partial charge in [-0.2, -0.15) is 0 Å². The van der Waals surface area contributed by atoms with Crippen LogP contribution in [0.5, 0.6) is 5.75 Å². The summed E-state index contributed by atoms with van der Waals surface area (Å²) in [6, 6.07) is 6.70. The van der Waals surface area contributed by atoms with Crippen molar-refractivity contribution in [3.63, 3.8) is 0 Å². The molecule has 0 aromatic heterocycles. The zero-order valence-electron chi connectivity index (χ0n) is 12.1. The van der Waals surface area contributed by atoms with Crippen LogP contribution in [0, 0.1) is 0 Å². The molecular weight excluding hydrogens is 254 g/mol. The Bertz CT molecular complexity index is 446. The van der Waals surface area contributed by atoms with Crippen molar-refractivity contribution in [1.82, 2.24) is 4.90 Å². The van der Waals surface area contributed by atoms with Crippen molar-refractivity contribution in [1.29, 1.82) is 0 Å². The fraction of sp³-hybridized carbons (Fsp3) is 0.400. The van der Waals surface area contributed by atoms with Crippen LogP contribution in [0.4, 0.5) is 5.69 Å². The molecule has 0 spiro atoms. The maximum absolute atomic E-state index is 11.8. The van der Waals surface area contributed by atoms with Crippen LogP contribution in [0.3, 0.4) is 0 Å². The number of ether oxygens (including phenoxy) is 1. The Labute approximate surface area is 120 Å². The van der Waals surface area contributed by atoms with E-state index in [1.807, 2.05) is 31.1 Å². The van der Waals surface area contributed by atoms with Crippen LogP contribution in [0.2, 0.25) is 0 Å². The second-order valence-electron chi connectivity index (χ2n) is 4.80. The lowest BCUT2D eigenvalue weighted by Gasteiger charge is -2.13. The number of nitrogens with two attached hydrogens (primary N) is 1. The molecule has 1 aromatic rings. The smallest absolute Gasteiger partial charge is 0.241 e. The number of carbonyl (C=O) groups excluding carboxylic acids is 1. The number of hydrogen-bond acceptors (Lipinski definition) is 4. The van der Waals surface area contributed by atoms with Crippen LogP contribution < -0.4 is 15.8 Å². The zero-order valence-corrected chi connectivity index (χ0v) is 12.1. The first-order valence-electron chi connectivity index (χ1n) is 6.58. The van der Waals surface area contributed by atoms with Gasteiger partial charge in [0.15, 0.2) is 0 Å². The molecule has 5 nitrogen and oxygen atoms in total. The van der Waals surface area contributed by atoms with Gasteiger partial charge < -0.3 is 20.7 Å². The average Bonchev–Trinajstić information content (AvgIpc) is 2.39. The topological polar surface area (TPSA) is 67.6 Å². The quantitative estimate of drug-likeness (QED) is 0.706. The van der Waals surface area contributed by atoms with E-state index in [2.05, 4.69) is 11.9 Å². The van der Waals surface area contributed by atoms with Gasteiger partial charge in [-0.1, -0.05) is 12.1 Å². The molecule has 110 valence electrons. The molecule has 0 heterocycles. The normalized spacial score (nSPS) is 12.0. The molecule has 0 aliphatic rings. The third-order valence-electron chi connectivity index (χ3n) is 2.67. The van der Waals surface area contributed by atoms with E-state index in [0.717, 1.165) is 12.3 Å². The first-order chi connectivity index (χ1) is 9.52. The van der Waals surface area contributed by atoms with Crippen LogP contribution in [0.25, 0.3) is 0 Å². The molecule has 1 rings (SSSR count). The third-order valence-corrected chi connectivity index (χ3v) is 2.67. The fourth-order valence-corrected chi connectivity index (χ4v) is 1.53. The van der Waals surface area contributed by atoms with Crippen LogP contribution >= 0.6 is 0 Å². The molecule has 5 heteroatoms. The van der Waals surface area contributed by atoms with Crippen molar-refractivity contribution < 1.29 is 9.53 Å². The van der Waals surface area contributed by atoms with Crippen molar-refractivity contribution in [3.05, 3.63) is 36.9 Å². The van der Waals surface area contributed by atoms with Crippen LogP contribution in [-0.4, -0.2) is 44.1 Å². The van der Waals surface area contributed by atoms with E-state index in [1.54, 1.807) is 18.2 Å². The third kappa shape index (κ3) is 5.86. The molecule has 0 saturated heterocycles. The van der Waals surface area contributed by atoms with Gasteiger partial charge in [0, 0.05) is 18.3 Å². The molecule has 0 fully saturated rings. The highest BCUT2D eigenvalue weighted by Crippen LogP contribution is 2.17. The number of carbonyl (C=O) groups is 1. The summed E-state index contributed by atoms with van der Waals surface area (Å²) >= 11 is 0. The SMILES string of the molecule is C=CCC(N)C(=O)Nc1cccc(OCCN(C)C)c1. The first-order valence-corrected chi connectivity index (χ1v) is 6.58. The number of likely N-dealkylation sites (N-methyl/N-ethyl adjacent to an activating group) is 1. The Morgan fingerprint density at radius 2 is 2.30 bits per heavy atom. The highest BCUT2D eigenvalue weighted by atomic mass is 16.5. The molecule has 20 heavy (non-hydrogen) atoms. The van der Waals surface area contributed by atoms with Gasteiger partial charge in [-0.15, -0.1) is 6.58 Å². The van der Waals surface area contributed by atoms with Crippen LogP contribution in [0.15, 0.2) is 36.9 Å². The summed E-state index contributed by atoms with van der Waals surface area (Å²) in [6.07, 6.45) is 2.08. The number of nitrogens with one attached hydrogen (secondary N) is 1. The van der Waals surface area contributed by atoms with E-state index in [4.69, 9.17) is 10.5 Å². The second kappa shape index (κ2) is 8.35. The lowest BCUT2D eigenvalue weighted by atomic mass is 10.2. The second-order valence-corrected chi connectivity index (χ2v) is 4.80. The Morgan fingerprint density at radius 1 is 1.55 bits per heavy atom. The summed E-state index contributed by atoms with van der Waals surface area (Å²) in [4.78, 5) is 13.8. The molecule has 1 atom stereocenters. The highest BCUT2D eigenvalue weighted by molar-refractivity contribution is 5.94. The molecule has 0 aliphatic heterocycles. The minimum absolute atomic E-state index is 0.227. The Morgan fingerprint density at radius 3 is 2.95 bits per heavy atom. The van der Waals surface area contributed by atoms with Crippen molar-refractivity contribution in [2.45, 2.75) is 12.5 Å². The summed E-state index contributed by atoms with van der Waals surface area (Å²) in [5, 5.41) is 2.76. The lowest BCUT2D eigenvalue weighted by Crippen LogP contribution is -2.35. The minimum atomic E-state index is -0.578. The van der Waals surface area contributed by atoms with Gasteiger partial charge in [-0.25, -0.2) is 0 Å². The van der Waals surface area contributed by atoms with Crippen molar-refractivity contribution >= 4 is 11.6 Å². The maximum Gasteiger partial charge on any atom is 0.241 e. The molecule has 3 N–H and O–H groups in total. The summed E-state index contributed by atoms with van der Waals surface area (Å²) in [5.41, 5.74) is 6.38. The summed E-state index contributed by atoms with van der Waals surface area (Å²) in [5.74, 6) is 0.497. The summed E-state index contributed by atoms with van der Waals surface area (Å²) in [6.45, 7) is 5.00. The molecule has 0 saturated carbocycles. The maximum atomic E-state index is 11.8. The molecule has 1 amide bonds. The minimum Gasteiger partial charge on any atom is -0.492 e. The molecule has 1 unspecified atom stereocenters. The number of amides is 1. The molecule has 0 radical (unpaired) electrons. The first kappa shape index (κ1) is 16.2.